The van der Waals surface area contributed by atoms with Crippen molar-refractivity contribution in [3.8, 4) is 0 Å². The standard InChI is InChI=1S/C29H34N6O10/c1-16(31-24(37)17(2)32-29(42)44-15-19-11-7-4-8-12-19)25(38)33-20(13-21(30)36)26(39)34-35-27(40)22-23(45-22)28(41)43-14-18-9-5-3-6-10-18/h3-12,16-17,20,22-23H,13-15H2,1-2H3,(H2,30,36)(H,31,37)(H,32,42)(H,33,38)(H,34,39)(H,35,40)/t16-,17-,20-,22?,23?/m0/s1. The fourth-order valence-electron chi connectivity index (χ4n) is 3.70. The number of ether oxygens (including phenoxy) is 3. The minimum absolute atomic E-state index is 0.0147. The molecule has 7 N–H and O–H groups in total. The summed E-state index contributed by atoms with van der Waals surface area (Å²) in [6.07, 6.45) is -3.89. The van der Waals surface area contributed by atoms with Crippen LogP contribution in [0.3, 0.4) is 0 Å². The van der Waals surface area contributed by atoms with Crippen molar-refractivity contribution in [2.45, 2.75) is 63.8 Å². The van der Waals surface area contributed by atoms with Crippen LogP contribution in [0.1, 0.15) is 31.4 Å². The first-order valence-corrected chi connectivity index (χ1v) is 13.8. The Labute approximate surface area is 257 Å². The number of nitrogens with two attached hydrogens (primary N) is 1. The van der Waals surface area contributed by atoms with Gasteiger partial charge in [0.15, 0.2) is 12.2 Å². The summed E-state index contributed by atoms with van der Waals surface area (Å²) in [6.45, 7) is 2.64. The number of rotatable bonds is 14. The summed E-state index contributed by atoms with van der Waals surface area (Å²) in [7, 11) is 0. The van der Waals surface area contributed by atoms with Crippen molar-refractivity contribution in [1.82, 2.24) is 26.8 Å². The predicted octanol–water partition coefficient (Wildman–Crippen LogP) is -1.18. The van der Waals surface area contributed by atoms with Gasteiger partial charge in [-0.05, 0) is 25.0 Å². The molecule has 0 radical (unpaired) electrons. The molecule has 6 amide bonds. The molecule has 1 heterocycles. The monoisotopic (exact) mass is 626 g/mol. The van der Waals surface area contributed by atoms with E-state index in [2.05, 4.69) is 16.0 Å². The molecule has 1 saturated heterocycles. The summed E-state index contributed by atoms with van der Waals surface area (Å²) in [5.41, 5.74) is 10.8. The second-order valence-electron chi connectivity index (χ2n) is 9.94. The summed E-state index contributed by atoms with van der Waals surface area (Å²) in [4.78, 5) is 85.8. The number of alkyl carbamates (subject to hydrolysis) is 1. The van der Waals surface area contributed by atoms with E-state index < -0.39 is 78.4 Å². The summed E-state index contributed by atoms with van der Waals surface area (Å²) in [5.74, 6) is -5.22. The van der Waals surface area contributed by atoms with E-state index in [0.717, 1.165) is 11.1 Å². The first kappa shape index (κ1) is 34.0. The van der Waals surface area contributed by atoms with Crippen molar-refractivity contribution in [1.29, 1.82) is 0 Å². The molecule has 1 aliphatic rings. The molecule has 2 aromatic rings. The Hall–Kier alpha value is -5.51. The van der Waals surface area contributed by atoms with Crippen molar-refractivity contribution in [3.05, 3.63) is 71.8 Å². The minimum Gasteiger partial charge on any atom is -0.459 e. The molecular formula is C29H34N6O10. The van der Waals surface area contributed by atoms with Crippen molar-refractivity contribution < 1.29 is 47.8 Å². The highest BCUT2D eigenvalue weighted by atomic mass is 16.6. The average Bonchev–Trinajstić information content (AvgIpc) is 3.83. The molecular weight excluding hydrogens is 592 g/mol. The van der Waals surface area contributed by atoms with Crippen LogP contribution < -0.4 is 32.5 Å². The lowest BCUT2D eigenvalue weighted by atomic mass is 10.1. The maximum Gasteiger partial charge on any atom is 0.408 e. The third kappa shape index (κ3) is 11.3. The van der Waals surface area contributed by atoms with Gasteiger partial charge in [-0.3, -0.25) is 34.8 Å². The van der Waals surface area contributed by atoms with Gasteiger partial charge >= 0.3 is 12.1 Å². The van der Waals surface area contributed by atoms with Gasteiger partial charge in [0.1, 0.15) is 31.3 Å². The molecule has 2 aromatic carbocycles. The van der Waals surface area contributed by atoms with Crippen LogP contribution in [-0.4, -0.2) is 71.9 Å². The zero-order chi connectivity index (χ0) is 32.9. The molecule has 45 heavy (non-hydrogen) atoms. The third-order valence-electron chi connectivity index (χ3n) is 6.25. The highest BCUT2D eigenvalue weighted by Gasteiger charge is 2.52. The van der Waals surface area contributed by atoms with Gasteiger partial charge in [-0.1, -0.05) is 60.7 Å². The Bertz CT molecular complexity index is 1390. The Morgan fingerprint density at radius 2 is 1.24 bits per heavy atom. The Morgan fingerprint density at radius 1 is 0.711 bits per heavy atom. The van der Waals surface area contributed by atoms with Crippen LogP contribution >= 0.6 is 0 Å². The van der Waals surface area contributed by atoms with Gasteiger partial charge in [-0.25, -0.2) is 9.59 Å². The van der Waals surface area contributed by atoms with E-state index in [-0.39, 0.29) is 13.2 Å². The van der Waals surface area contributed by atoms with Crippen LogP contribution in [-0.2, 0) is 56.2 Å². The molecule has 0 saturated carbocycles. The fourth-order valence-corrected chi connectivity index (χ4v) is 3.70. The molecule has 1 fully saturated rings. The SMILES string of the molecule is C[C@H](NC(=O)OCc1ccccc1)C(=O)N[C@@H](C)C(=O)N[C@@H](CC(N)=O)C(=O)NNC(=O)C1OC1C(=O)OCc1ccccc1. The van der Waals surface area contributed by atoms with Crippen molar-refractivity contribution in [3.63, 3.8) is 0 Å². The number of hydrogen-bond donors (Lipinski definition) is 6. The second-order valence-corrected chi connectivity index (χ2v) is 9.94. The number of hydrogen-bond acceptors (Lipinski definition) is 10. The van der Waals surface area contributed by atoms with Gasteiger partial charge in [-0.15, -0.1) is 0 Å². The summed E-state index contributed by atoms with van der Waals surface area (Å²) in [5, 5.41) is 6.97. The predicted molar refractivity (Wildman–Crippen MR) is 154 cm³/mol. The van der Waals surface area contributed by atoms with Gasteiger partial charge in [0.2, 0.25) is 17.7 Å². The normalized spacial score (nSPS) is 16.8. The van der Waals surface area contributed by atoms with Crippen LogP contribution in [0.5, 0.6) is 0 Å². The van der Waals surface area contributed by atoms with Crippen molar-refractivity contribution in [2.75, 3.05) is 0 Å². The second kappa shape index (κ2) is 16.4. The lowest BCUT2D eigenvalue weighted by Crippen LogP contribution is -2.58. The summed E-state index contributed by atoms with van der Waals surface area (Å²) < 4.78 is 15.2. The molecule has 3 rings (SSSR count). The number of primary amides is 1. The summed E-state index contributed by atoms with van der Waals surface area (Å²) in [6, 6.07) is 13.9. The van der Waals surface area contributed by atoms with Crippen LogP contribution in [0, 0.1) is 0 Å². The highest BCUT2D eigenvalue weighted by molar-refractivity contribution is 5.97. The quantitative estimate of drug-likeness (QED) is 0.0834. The van der Waals surface area contributed by atoms with E-state index in [1.54, 1.807) is 54.6 Å². The fraction of sp³-hybridized carbons (Fsp3) is 0.345. The minimum atomic E-state index is -1.54. The van der Waals surface area contributed by atoms with E-state index in [4.69, 9.17) is 19.9 Å². The number of nitrogens with one attached hydrogen (secondary N) is 5. The number of carbonyl (C=O) groups is 7. The number of amides is 6. The first-order chi connectivity index (χ1) is 21.4. The first-order valence-electron chi connectivity index (χ1n) is 13.8. The van der Waals surface area contributed by atoms with Gasteiger partial charge in [-0.2, -0.15) is 0 Å². The van der Waals surface area contributed by atoms with E-state index in [1.807, 2.05) is 16.9 Å². The molecule has 1 aliphatic heterocycles. The van der Waals surface area contributed by atoms with E-state index >= 15 is 0 Å². The van der Waals surface area contributed by atoms with Crippen molar-refractivity contribution >= 4 is 41.6 Å². The number of carbonyl (C=O) groups excluding carboxylic acids is 7. The maximum absolute atomic E-state index is 12.7. The number of epoxide rings is 1. The molecule has 5 atom stereocenters. The number of benzene rings is 2. The lowest BCUT2D eigenvalue weighted by Gasteiger charge is -2.21. The summed E-state index contributed by atoms with van der Waals surface area (Å²) >= 11 is 0. The molecule has 16 nitrogen and oxygen atoms in total. The molecule has 0 aromatic heterocycles. The van der Waals surface area contributed by atoms with Gasteiger partial charge in [0, 0.05) is 0 Å². The molecule has 2 unspecified atom stereocenters. The van der Waals surface area contributed by atoms with Crippen LogP contribution in [0.25, 0.3) is 0 Å². The van der Waals surface area contributed by atoms with Gasteiger partial charge in [0.05, 0.1) is 6.42 Å². The molecule has 0 spiro atoms. The van der Waals surface area contributed by atoms with Crippen LogP contribution in [0.4, 0.5) is 4.79 Å². The lowest BCUT2D eigenvalue weighted by molar-refractivity contribution is -0.146. The third-order valence-corrected chi connectivity index (χ3v) is 6.25. The van der Waals surface area contributed by atoms with Gasteiger partial charge < -0.3 is 35.9 Å². The Balaban J connectivity index is 1.41. The highest BCUT2D eigenvalue weighted by Crippen LogP contribution is 2.24. The zero-order valence-corrected chi connectivity index (χ0v) is 24.4. The van der Waals surface area contributed by atoms with Crippen molar-refractivity contribution in [2.24, 2.45) is 5.73 Å². The topological polar surface area (TPSA) is 237 Å². The zero-order valence-electron chi connectivity index (χ0n) is 24.4. The number of hydrazine groups is 1. The molecule has 0 bridgehead atoms. The molecule has 16 heteroatoms. The Morgan fingerprint density at radius 3 is 1.82 bits per heavy atom. The smallest absolute Gasteiger partial charge is 0.408 e. The van der Waals surface area contributed by atoms with E-state index in [1.165, 1.54) is 13.8 Å². The van der Waals surface area contributed by atoms with Crippen LogP contribution in [0.2, 0.25) is 0 Å². The number of esters is 1. The van der Waals surface area contributed by atoms with E-state index in [9.17, 15) is 33.6 Å². The largest absolute Gasteiger partial charge is 0.459 e. The Kier molecular flexibility index (Phi) is 12.4. The average molecular weight is 627 g/mol. The van der Waals surface area contributed by atoms with Crippen LogP contribution in [0.15, 0.2) is 60.7 Å². The van der Waals surface area contributed by atoms with E-state index in [0.29, 0.717) is 0 Å². The van der Waals surface area contributed by atoms with Gasteiger partial charge in [0.25, 0.3) is 11.8 Å². The molecule has 0 aliphatic carbocycles. The maximum atomic E-state index is 12.7. The molecule has 240 valence electrons.